The summed E-state index contributed by atoms with van der Waals surface area (Å²) in [7, 11) is 1.60. The molecule has 0 aromatic heterocycles. The Morgan fingerprint density at radius 3 is 2.60 bits per heavy atom. The SMILES string of the molecule is CN[C@@H](CSCC(N)C(=O)O)C(=O)OS. The first-order valence-electron chi connectivity index (χ1n) is 4.11. The van der Waals surface area contributed by atoms with E-state index in [0.717, 1.165) is 0 Å². The Hall–Kier alpha value is -0.440. The van der Waals surface area contributed by atoms with Gasteiger partial charge in [0, 0.05) is 24.4 Å². The van der Waals surface area contributed by atoms with E-state index in [0.29, 0.717) is 5.75 Å². The summed E-state index contributed by atoms with van der Waals surface area (Å²) in [6, 6.07) is -1.42. The molecule has 0 bridgehead atoms. The number of carboxylic acid groups (broad SMARTS) is 1. The number of nitrogens with one attached hydrogen (secondary N) is 1. The summed E-state index contributed by atoms with van der Waals surface area (Å²) in [6.45, 7) is 0. The smallest absolute Gasteiger partial charge is 0.335 e. The van der Waals surface area contributed by atoms with Crippen molar-refractivity contribution in [2.45, 2.75) is 12.1 Å². The van der Waals surface area contributed by atoms with Gasteiger partial charge in [-0.15, -0.1) is 0 Å². The standard InChI is InChI=1S/C7H14N2O4S2/c1-9-5(7(12)13-14)3-15-2-4(8)6(10)11/h4-5,9,14H,2-3,8H2,1H3,(H,10,11)/t4?,5-/m0/s1. The molecular weight excluding hydrogens is 240 g/mol. The van der Waals surface area contributed by atoms with E-state index in [1.807, 2.05) is 0 Å². The average Bonchev–Trinajstić information content (AvgIpc) is 2.22. The second kappa shape index (κ2) is 7.80. The van der Waals surface area contributed by atoms with Crippen molar-refractivity contribution >= 4 is 36.6 Å². The molecule has 88 valence electrons. The number of carboxylic acids is 1. The number of thiol groups is 1. The first-order chi connectivity index (χ1) is 7.02. The van der Waals surface area contributed by atoms with Gasteiger partial charge >= 0.3 is 11.9 Å². The number of thioether (sulfide) groups is 1. The summed E-state index contributed by atoms with van der Waals surface area (Å²) < 4.78 is 4.24. The normalized spacial score (nSPS) is 14.3. The van der Waals surface area contributed by atoms with Crippen LogP contribution >= 0.6 is 24.7 Å². The molecule has 0 radical (unpaired) electrons. The van der Waals surface area contributed by atoms with Crippen LogP contribution in [0.4, 0.5) is 0 Å². The molecule has 8 heteroatoms. The quantitative estimate of drug-likeness (QED) is 0.345. The Labute approximate surface area is 97.5 Å². The van der Waals surface area contributed by atoms with Crippen LogP contribution < -0.4 is 11.1 Å². The number of carbonyl (C=O) groups is 2. The molecule has 0 rings (SSSR count). The minimum absolute atomic E-state index is 0.243. The van der Waals surface area contributed by atoms with Crippen molar-refractivity contribution in [2.24, 2.45) is 5.73 Å². The lowest BCUT2D eigenvalue weighted by atomic mass is 10.3. The van der Waals surface area contributed by atoms with Crippen LogP contribution in [0.1, 0.15) is 0 Å². The summed E-state index contributed by atoms with van der Waals surface area (Å²) >= 11 is 4.65. The van der Waals surface area contributed by atoms with Gasteiger partial charge in [-0.2, -0.15) is 11.8 Å². The fourth-order valence-corrected chi connectivity index (χ4v) is 1.92. The Balaban J connectivity index is 3.82. The molecule has 0 aliphatic heterocycles. The number of hydrogen-bond donors (Lipinski definition) is 4. The Bertz CT molecular complexity index is 227. The van der Waals surface area contributed by atoms with Crippen LogP contribution in [0.15, 0.2) is 0 Å². The van der Waals surface area contributed by atoms with Crippen LogP contribution in [0.5, 0.6) is 0 Å². The first-order valence-corrected chi connectivity index (χ1v) is 5.63. The van der Waals surface area contributed by atoms with Crippen LogP contribution in [0, 0.1) is 0 Å². The van der Waals surface area contributed by atoms with Gasteiger partial charge in [-0.25, -0.2) is 4.79 Å². The average molecular weight is 254 g/mol. The number of likely N-dealkylation sites (N-methyl/N-ethyl adjacent to an activating group) is 1. The lowest BCUT2D eigenvalue weighted by molar-refractivity contribution is -0.138. The van der Waals surface area contributed by atoms with E-state index in [1.165, 1.54) is 11.8 Å². The molecule has 6 nitrogen and oxygen atoms in total. The highest BCUT2D eigenvalue weighted by atomic mass is 32.2. The summed E-state index contributed by atoms with van der Waals surface area (Å²) in [6.07, 6.45) is 0. The van der Waals surface area contributed by atoms with Gasteiger partial charge in [0.15, 0.2) is 0 Å². The van der Waals surface area contributed by atoms with Gasteiger partial charge in [-0.3, -0.25) is 4.79 Å². The summed E-state index contributed by atoms with van der Waals surface area (Å²) in [5.41, 5.74) is 5.28. The highest BCUT2D eigenvalue weighted by molar-refractivity contribution is 7.99. The van der Waals surface area contributed by atoms with Crippen LogP contribution in [0.25, 0.3) is 0 Å². The summed E-state index contributed by atoms with van der Waals surface area (Å²) in [4.78, 5) is 21.4. The second-order valence-corrected chi connectivity index (χ2v) is 3.99. The van der Waals surface area contributed by atoms with Crippen molar-refractivity contribution in [3.8, 4) is 0 Å². The maximum absolute atomic E-state index is 11.0. The Morgan fingerprint density at radius 1 is 1.60 bits per heavy atom. The van der Waals surface area contributed by atoms with Crippen molar-refractivity contribution in [1.29, 1.82) is 0 Å². The maximum atomic E-state index is 11.0. The van der Waals surface area contributed by atoms with E-state index < -0.39 is 24.0 Å². The first kappa shape index (κ1) is 14.6. The van der Waals surface area contributed by atoms with Crippen LogP contribution in [0.3, 0.4) is 0 Å². The Morgan fingerprint density at radius 2 is 2.20 bits per heavy atom. The fourth-order valence-electron chi connectivity index (χ4n) is 0.717. The van der Waals surface area contributed by atoms with Crippen molar-refractivity contribution in [2.75, 3.05) is 18.6 Å². The van der Waals surface area contributed by atoms with Gasteiger partial charge in [0.05, 0.1) is 0 Å². The van der Waals surface area contributed by atoms with E-state index in [9.17, 15) is 9.59 Å². The highest BCUT2D eigenvalue weighted by Crippen LogP contribution is 2.06. The zero-order chi connectivity index (χ0) is 11.8. The van der Waals surface area contributed by atoms with Crippen molar-refractivity contribution in [1.82, 2.24) is 5.32 Å². The molecule has 2 atom stereocenters. The molecule has 15 heavy (non-hydrogen) atoms. The summed E-state index contributed by atoms with van der Waals surface area (Å²) in [5, 5.41) is 11.2. The van der Waals surface area contributed by atoms with Gasteiger partial charge in [0.25, 0.3) is 0 Å². The van der Waals surface area contributed by atoms with Gasteiger partial charge in [-0.05, 0) is 7.05 Å². The molecule has 0 saturated carbocycles. The van der Waals surface area contributed by atoms with Crippen molar-refractivity contribution in [3.05, 3.63) is 0 Å². The third-order valence-corrected chi connectivity index (χ3v) is 2.97. The number of nitrogens with two attached hydrogens (primary N) is 1. The third kappa shape index (κ3) is 5.88. The number of rotatable bonds is 7. The number of carbonyl (C=O) groups excluding carboxylic acids is 1. The molecule has 1 unspecified atom stereocenters. The minimum Gasteiger partial charge on any atom is -0.480 e. The van der Waals surface area contributed by atoms with Gasteiger partial charge in [0.1, 0.15) is 12.1 Å². The van der Waals surface area contributed by atoms with Gasteiger partial charge in [-0.1, -0.05) is 0 Å². The molecule has 0 aliphatic carbocycles. The van der Waals surface area contributed by atoms with E-state index >= 15 is 0 Å². The monoisotopic (exact) mass is 254 g/mol. The van der Waals surface area contributed by atoms with E-state index in [4.69, 9.17) is 10.8 Å². The molecule has 0 saturated heterocycles. The second-order valence-electron chi connectivity index (χ2n) is 2.73. The predicted molar refractivity (Wildman–Crippen MR) is 60.9 cm³/mol. The molecule has 4 N–H and O–H groups in total. The third-order valence-electron chi connectivity index (χ3n) is 1.62. The molecule has 0 heterocycles. The lowest BCUT2D eigenvalue weighted by Crippen LogP contribution is -2.38. The molecule has 0 spiro atoms. The fraction of sp³-hybridized carbons (Fsp3) is 0.714. The zero-order valence-corrected chi connectivity index (χ0v) is 9.88. The van der Waals surface area contributed by atoms with Crippen molar-refractivity contribution < 1.29 is 18.9 Å². The highest BCUT2D eigenvalue weighted by Gasteiger charge is 2.19. The van der Waals surface area contributed by atoms with Crippen LogP contribution in [0.2, 0.25) is 0 Å². The Kier molecular flexibility index (Phi) is 7.57. The van der Waals surface area contributed by atoms with Crippen LogP contribution in [-0.4, -0.2) is 47.7 Å². The number of aliphatic carboxylic acids is 1. The molecule has 0 aromatic carbocycles. The maximum Gasteiger partial charge on any atom is 0.335 e. The molecule has 0 aromatic rings. The zero-order valence-electron chi connectivity index (χ0n) is 8.17. The van der Waals surface area contributed by atoms with Crippen LogP contribution in [-0.2, 0) is 13.8 Å². The largest absolute Gasteiger partial charge is 0.480 e. The molecular formula is C7H14N2O4S2. The topological polar surface area (TPSA) is 102 Å². The minimum atomic E-state index is -1.06. The predicted octanol–water partition coefficient (Wildman–Crippen LogP) is -0.892. The van der Waals surface area contributed by atoms with E-state index in [1.54, 1.807) is 7.05 Å². The van der Waals surface area contributed by atoms with E-state index in [-0.39, 0.29) is 5.75 Å². The van der Waals surface area contributed by atoms with Crippen molar-refractivity contribution in [3.63, 3.8) is 0 Å². The lowest BCUT2D eigenvalue weighted by Gasteiger charge is -2.13. The van der Waals surface area contributed by atoms with Gasteiger partial charge in [0.2, 0.25) is 0 Å². The molecule has 0 fully saturated rings. The summed E-state index contributed by atoms with van der Waals surface area (Å²) in [5.74, 6) is -0.929. The van der Waals surface area contributed by atoms with E-state index in [2.05, 4.69) is 22.4 Å². The van der Waals surface area contributed by atoms with Gasteiger partial charge < -0.3 is 20.3 Å². The number of hydrogen-bond acceptors (Lipinski definition) is 7. The molecule has 0 amide bonds. The molecule has 0 aliphatic rings.